The van der Waals surface area contributed by atoms with Gasteiger partial charge in [0.05, 0.1) is 12.7 Å². The molecule has 0 aliphatic carbocycles. The zero-order chi connectivity index (χ0) is 17.4. The van der Waals surface area contributed by atoms with E-state index in [1.165, 1.54) is 0 Å². The van der Waals surface area contributed by atoms with Crippen LogP contribution in [0.2, 0.25) is 0 Å². The second kappa shape index (κ2) is 9.24. The van der Waals surface area contributed by atoms with Crippen LogP contribution >= 0.6 is 0 Å². The van der Waals surface area contributed by atoms with Crippen LogP contribution in [0.15, 0.2) is 24.3 Å². The van der Waals surface area contributed by atoms with Crippen LogP contribution in [0.25, 0.3) is 0 Å². The van der Waals surface area contributed by atoms with Gasteiger partial charge in [0.15, 0.2) is 6.61 Å². The lowest BCUT2D eigenvalue weighted by molar-refractivity contribution is -0.139. The van der Waals surface area contributed by atoms with Crippen molar-refractivity contribution in [2.45, 2.75) is 38.5 Å². The van der Waals surface area contributed by atoms with Crippen LogP contribution in [0, 0.1) is 0 Å². The number of carbonyl (C=O) groups is 2. The monoisotopic (exact) mass is 337 g/mol. The number of hydrogen-bond acceptors (Lipinski definition) is 5. The lowest BCUT2D eigenvalue weighted by atomic mass is 10.2. The summed E-state index contributed by atoms with van der Waals surface area (Å²) in [6, 6.07) is 6.94. The highest BCUT2D eigenvalue weighted by atomic mass is 16.5. The predicted octanol–water partition coefficient (Wildman–Crippen LogP) is 1.35. The van der Waals surface area contributed by atoms with E-state index in [-0.39, 0.29) is 12.0 Å². The van der Waals surface area contributed by atoms with Crippen molar-refractivity contribution in [2.75, 3.05) is 19.8 Å². The first-order valence-corrected chi connectivity index (χ1v) is 7.99. The highest BCUT2D eigenvalue weighted by Crippen LogP contribution is 2.14. The molecule has 1 heterocycles. The van der Waals surface area contributed by atoms with E-state index in [2.05, 4.69) is 5.32 Å². The number of hydrogen-bond donors (Lipinski definition) is 2. The number of rotatable bonds is 9. The number of benzene rings is 1. The highest BCUT2D eigenvalue weighted by molar-refractivity contribution is 5.80. The molecule has 0 saturated carbocycles. The second-order valence-corrected chi connectivity index (χ2v) is 5.66. The SMILES string of the molecule is CC(OCC1CCCO1)C(=O)NCc1cccc(OCC(=O)O)c1. The first kappa shape index (κ1) is 18.2. The summed E-state index contributed by atoms with van der Waals surface area (Å²) in [7, 11) is 0. The molecule has 2 N–H and O–H groups in total. The summed E-state index contributed by atoms with van der Waals surface area (Å²) < 4.78 is 16.1. The Balaban J connectivity index is 1.73. The van der Waals surface area contributed by atoms with Crippen molar-refractivity contribution >= 4 is 11.9 Å². The van der Waals surface area contributed by atoms with Gasteiger partial charge in [-0.2, -0.15) is 0 Å². The van der Waals surface area contributed by atoms with Crippen molar-refractivity contribution in [1.29, 1.82) is 0 Å². The first-order valence-electron chi connectivity index (χ1n) is 7.99. The molecule has 1 saturated heterocycles. The number of nitrogens with one attached hydrogen (secondary N) is 1. The standard InChI is InChI=1S/C17H23NO6/c1-12(23-10-15-6-3-7-22-15)17(21)18-9-13-4-2-5-14(8-13)24-11-16(19)20/h2,4-5,8,12,15H,3,6-7,9-11H2,1H3,(H,18,21)(H,19,20). The average Bonchev–Trinajstić information content (AvgIpc) is 3.09. The van der Waals surface area contributed by atoms with Gasteiger partial charge in [-0.15, -0.1) is 0 Å². The van der Waals surface area contributed by atoms with Gasteiger partial charge in [0.2, 0.25) is 5.91 Å². The molecule has 1 aromatic rings. The minimum absolute atomic E-state index is 0.0864. The molecule has 2 rings (SSSR count). The molecule has 0 spiro atoms. The van der Waals surface area contributed by atoms with Crippen molar-refractivity contribution < 1.29 is 28.9 Å². The molecule has 1 aliphatic heterocycles. The van der Waals surface area contributed by atoms with Crippen LogP contribution in [0.4, 0.5) is 0 Å². The Morgan fingerprint density at radius 3 is 3.00 bits per heavy atom. The van der Waals surface area contributed by atoms with Gasteiger partial charge in [-0.25, -0.2) is 4.79 Å². The number of aliphatic carboxylic acids is 1. The molecular weight excluding hydrogens is 314 g/mol. The molecule has 7 nitrogen and oxygen atoms in total. The summed E-state index contributed by atoms with van der Waals surface area (Å²) in [5, 5.41) is 11.4. The van der Waals surface area contributed by atoms with Crippen molar-refractivity contribution in [3.8, 4) is 5.75 Å². The minimum atomic E-state index is -1.04. The Morgan fingerprint density at radius 1 is 1.46 bits per heavy atom. The quantitative estimate of drug-likeness (QED) is 0.706. The summed E-state index contributed by atoms with van der Waals surface area (Å²) in [5.41, 5.74) is 0.817. The van der Waals surface area contributed by atoms with Gasteiger partial charge in [-0.05, 0) is 37.5 Å². The van der Waals surface area contributed by atoms with E-state index in [4.69, 9.17) is 19.3 Å². The van der Waals surface area contributed by atoms with Crippen LogP contribution < -0.4 is 10.1 Å². The van der Waals surface area contributed by atoms with E-state index in [1.807, 2.05) is 6.07 Å². The number of carbonyl (C=O) groups excluding carboxylic acids is 1. The van der Waals surface area contributed by atoms with Crippen molar-refractivity contribution in [3.63, 3.8) is 0 Å². The van der Waals surface area contributed by atoms with E-state index in [1.54, 1.807) is 25.1 Å². The van der Waals surface area contributed by atoms with E-state index in [0.717, 1.165) is 25.0 Å². The van der Waals surface area contributed by atoms with Crippen molar-refractivity contribution in [1.82, 2.24) is 5.32 Å². The Kier molecular flexibility index (Phi) is 7.02. The third-order valence-electron chi connectivity index (χ3n) is 3.65. The lowest BCUT2D eigenvalue weighted by Crippen LogP contribution is -2.35. The zero-order valence-corrected chi connectivity index (χ0v) is 13.7. The molecule has 1 amide bonds. The summed E-state index contributed by atoms with van der Waals surface area (Å²) in [5.74, 6) is -0.789. The molecule has 0 aromatic heterocycles. The fourth-order valence-electron chi connectivity index (χ4n) is 2.33. The van der Waals surface area contributed by atoms with E-state index < -0.39 is 18.7 Å². The van der Waals surface area contributed by atoms with E-state index in [0.29, 0.717) is 18.9 Å². The summed E-state index contributed by atoms with van der Waals surface area (Å²) in [6.07, 6.45) is 1.54. The van der Waals surface area contributed by atoms with Crippen molar-refractivity contribution in [3.05, 3.63) is 29.8 Å². The highest BCUT2D eigenvalue weighted by Gasteiger charge is 2.19. The van der Waals surface area contributed by atoms with Crippen LogP contribution in [0.3, 0.4) is 0 Å². The summed E-state index contributed by atoms with van der Waals surface area (Å²) in [4.78, 5) is 22.5. The Morgan fingerprint density at radius 2 is 2.29 bits per heavy atom. The average molecular weight is 337 g/mol. The fraction of sp³-hybridized carbons (Fsp3) is 0.529. The zero-order valence-electron chi connectivity index (χ0n) is 13.7. The number of ether oxygens (including phenoxy) is 3. The normalized spacial score (nSPS) is 18.1. The maximum atomic E-state index is 12.0. The van der Waals surface area contributed by atoms with E-state index in [9.17, 15) is 9.59 Å². The van der Waals surface area contributed by atoms with Gasteiger partial charge in [0.1, 0.15) is 11.9 Å². The number of amides is 1. The molecule has 1 aliphatic rings. The minimum Gasteiger partial charge on any atom is -0.482 e. The van der Waals surface area contributed by atoms with E-state index >= 15 is 0 Å². The van der Waals surface area contributed by atoms with Gasteiger partial charge in [0.25, 0.3) is 0 Å². The Bertz CT molecular complexity index is 556. The van der Waals surface area contributed by atoms with Gasteiger partial charge >= 0.3 is 5.97 Å². The van der Waals surface area contributed by atoms with Crippen LogP contribution in [-0.4, -0.2) is 49.0 Å². The topological polar surface area (TPSA) is 94.1 Å². The molecule has 1 fully saturated rings. The summed E-state index contributed by atoms with van der Waals surface area (Å²) in [6.45, 7) is 2.80. The molecule has 0 bridgehead atoms. The Labute approximate surface area is 140 Å². The molecule has 7 heteroatoms. The molecule has 2 unspecified atom stereocenters. The molecular formula is C17H23NO6. The molecule has 2 atom stereocenters. The number of carboxylic acids is 1. The van der Waals surface area contributed by atoms with Crippen LogP contribution in [-0.2, 0) is 25.6 Å². The molecule has 0 radical (unpaired) electrons. The largest absolute Gasteiger partial charge is 0.482 e. The van der Waals surface area contributed by atoms with Gasteiger partial charge in [-0.3, -0.25) is 4.79 Å². The molecule has 132 valence electrons. The third-order valence-corrected chi connectivity index (χ3v) is 3.65. The predicted molar refractivity (Wildman–Crippen MR) is 85.8 cm³/mol. The third kappa shape index (κ3) is 6.17. The number of carboxylic acid groups (broad SMARTS) is 1. The van der Waals surface area contributed by atoms with Crippen molar-refractivity contribution in [2.24, 2.45) is 0 Å². The van der Waals surface area contributed by atoms with Crippen LogP contribution in [0.5, 0.6) is 5.75 Å². The van der Waals surface area contributed by atoms with Gasteiger partial charge in [0, 0.05) is 13.2 Å². The second-order valence-electron chi connectivity index (χ2n) is 5.66. The van der Waals surface area contributed by atoms with Crippen LogP contribution in [0.1, 0.15) is 25.3 Å². The molecule has 24 heavy (non-hydrogen) atoms. The Hall–Kier alpha value is -2.12. The first-order chi connectivity index (χ1) is 11.5. The fourth-order valence-corrected chi connectivity index (χ4v) is 2.33. The van der Waals surface area contributed by atoms with Gasteiger partial charge < -0.3 is 24.6 Å². The maximum Gasteiger partial charge on any atom is 0.341 e. The lowest BCUT2D eigenvalue weighted by Gasteiger charge is -2.16. The summed E-state index contributed by atoms with van der Waals surface area (Å²) >= 11 is 0. The van der Waals surface area contributed by atoms with Gasteiger partial charge in [-0.1, -0.05) is 12.1 Å². The maximum absolute atomic E-state index is 12.0. The smallest absolute Gasteiger partial charge is 0.341 e. The molecule has 1 aromatic carbocycles.